The van der Waals surface area contributed by atoms with Crippen molar-refractivity contribution in [2.45, 2.75) is 25.4 Å². The number of nitrogens with zero attached hydrogens (tertiary/aromatic N) is 8. The Labute approximate surface area is 198 Å². The molecular formula is C21H15F4N9O2. The van der Waals surface area contributed by atoms with Crippen molar-refractivity contribution >= 4 is 11.4 Å². The van der Waals surface area contributed by atoms with Gasteiger partial charge in [-0.15, -0.1) is 10.2 Å². The van der Waals surface area contributed by atoms with Crippen molar-refractivity contribution in [3.63, 3.8) is 0 Å². The van der Waals surface area contributed by atoms with E-state index in [0.717, 1.165) is 11.9 Å². The molecule has 0 radical (unpaired) electrons. The molecule has 0 aliphatic carbocycles. The highest BCUT2D eigenvalue weighted by Gasteiger charge is 2.38. The Bertz CT molecular complexity index is 1570. The molecule has 36 heavy (non-hydrogen) atoms. The van der Waals surface area contributed by atoms with Gasteiger partial charge >= 0.3 is 18.3 Å². The number of hydrogen-bond donors (Lipinski definition) is 1. The standard InChI is InChI=1S/C21H15F4N9O2/c22-17(23)10-2-1-5-33-14(10)8-13(31-33)16-15-11(26-9-27-15)3-6-32(16)20(35)19-29-28-18(36-19)12-4-7-34(30-12)21(24)25/h1-2,4-5,7-9,16-17,21H,3,6H2,(H,26,27)/t16-/m0/s1. The zero-order valence-corrected chi connectivity index (χ0v) is 18.1. The van der Waals surface area contributed by atoms with Gasteiger partial charge in [-0.1, -0.05) is 0 Å². The maximum atomic E-state index is 13.6. The third-order valence-corrected chi connectivity index (χ3v) is 5.89. The Balaban J connectivity index is 1.38. The van der Waals surface area contributed by atoms with Crippen LogP contribution in [0.15, 0.2) is 47.4 Å². The molecule has 1 aliphatic rings. The summed E-state index contributed by atoms with van der Waals surface area (Å²) in [6.45, 7) is -2.64. The van der Waals surface area contributed by atoms with Gasteiger partial charge in [-0.2, -0.15) is 19.0 Å². The van der Waals surface area contributed by atoms with Gasteiger partial charge in [0.1, 0.15) is 11.7 Å². The highest BCUT2D eigenvalue weighted by atomic mass is 19.3. The number of carbonyl (C=O) groups is 1. The number of carbonyl (C=O) groups excluding carboxylic acids is 1. The minimum absolute atomic E-state index is 0.0217. The third kappa shape index (κ3) is 3.50. The summed E-state index contributed by atoms with van der Waals surface area (Å²) in [6.07, 6.45) is 1.79. The Morgan fingerprint density at radius 1 is 1.14 bits per heavy atom. The van der Waals surface area contributed by atoms with Crippen molar-refractivity contribution in [1.29, 1.82) is 0 Å². The summed E-state index contributed by atoms with van der Waals surface area (Å²) in [4.78, 5) is 22.2. The van der Waals surface area contributed by atoms with Crippen molar-refractivity contribution in [1.82, 2.24) is 44.5 Å². The van der Waals surface area contributed by atoms with E-state index in [-0.39, 0.29) is 29.2 Å². The molecule has 0 saturated carbocycles. The molecule has 0 fully saturated rings. The molecule has 6 rings (SSSR count). The fraction of sp³-hybridized carbons (Fsp3) is 0.238. The number of alkyl halides is 4. The van der Waals surface area contributed by atoms with Gasteiger partial charge in [0, 0.05) is 36.6 Å². The van der Waals surface area contributed by atoms with Crippen LogP contribution in [0.1, 0.15) is 52.3 Å². The molecule has 0 unspecified atom stereocenters. The van der Waals surface area contributed by atoms with Crippen molar-refractivity contribution < 1.29 is 26.8 Å². The van der Waals surface area contributed by atoms with Crippen LogP contribution in [0, 0.1) is 0 Å². The maximum Gasteiger partial charge on any atom is 0.333 e. The van der Waals surface area contributed by atoms with Gasteiger partial charge in [0.15, 0.2) is 0 Å². The molecule has 0 spiro atoms. The summed E-state index contributed by atoms with van der Waals surface area (Å²) < 4.78 is 60.0. The molecule has 0 saturated heterocycles. The SMILES string of the molecule is O=C(c1nnc(-c2ccn(C(F)F)n2)o1)N1CCc2[nH]cnc2[C@@H]1c1cc2c(C(F)F)cccn2n1. The number of halogens is 4. The molecule has 11 nitrogen and oxygen atoms in total. The number of hydrogen-bond acceptors (Lipinski definition) is 7. The molecule has 0 bridgehead atoms. The lowest BCUT2D eigenvalue weighted by atomic mass is 9.99. The van der Waals surface area contributed by atoms with E-state index in [9.17, 15) is 22.4 Å². The zero-order valence-electron chi connectivity index (χ0n) is 18.1. The molecule has 6 heterocycles. The summed E-state index contributed by atoms with van der Waals surface area (Å²) in [6, 6.07) is 4.69. The van der Waals surface area contributed by atoms with Crippen LogP contribution in [0.2, 0.25) is 0 Å². The van der Waals surface area contributed by atoms with Crippen LogP contribution in [-0.4, -0.2) is 56.9 Å². The molecule has 0 aromatic carbocycles. The van der Waals surface area contributed by atoms with Crippen LogP contribution < -0.4 is 0 Å². The minimum atomic E-state index is -2.85. The molecule has 1 amide bonds. The normalized spacial score (nSPS) is 15.8. The Morgan fingerprint density at radius 2 is 2.00 bits per heavy atom. The third-order valence-electron chi connectivity index (χ3n) is 5.89. The second-order valence-corrected chi connectivity index (χ2v) is 7.95. The monoisotopic (exact) mass is 501 g/mol. The topological polar surface area (TPSA) is 123 Å². The van der Waals surface area contributed by atoms with E-state index in [2.05, 4.69) is 30.4 Å². The van der Waals surface area contributed by atoms with Gasteiger partial charge in [-0.3, -0.25) is 4.79 Å². The predicted octanol–water partition coefficient (Wildman–Crippen LogP) is 3.42. The molecular weight excluding hydrogens is 486 g/mol. The number of aromatic amines is 1. The number of fused-ring (bicyclic) bond motifs is 2. The lowest BCUT2D eigenvalue weighted by molar-refractivity contribution is 0.0566. The van der Waals surface area contributed by atoms with Gasteiger partial charge in [0.25, 0.3) is 12.3 Å². The first-order valence-electron chi connectivity index (χ1n) is 10.7. The highest BCUT2D eigenvalue weighted by Crippen LogP contribution is 2.35. The van der Waals surface area contributed by atoms with Gasteiger partial charge in [-0.25, -0.2) is 23.0 Å². The fourth-order valence-electron chi connectivity index (χ4n) is 4.27. The summed E-state index contributed by atoms with van der Waals surface area (Å²) >= 11 is 0. The number of amides is 1. The number of aromatic nitrogens is 8. The smallest absolute Gasteiger partial charge is 0.333 e. The minimum Gasteiger partial charge on any atom is -0.411 e. The van der Waals surface area contributed by atoms with Crippen LogP contribution in [0.3, 0.4) is 0 Å². The van der Waals surface area contributed by atoms with Crippen LogP contribution in [0.25, 0.3) is 17.1 Å². The Kier molecular flexibility index (Phi) is 5.05. The number of rotatable bonds is 5. The van der Waals surface area contributed by atoms with Crippen molar-refractivity contribution in [2.24, 2.45) is 0 Å². The van der Waals surface area contributed by atoms with Gasteiger partial charge in [0.2, 0.25) is 0 Å². The molecule has 15 heteroatoms. The molecule has 184 valence electrons. The van der Waals surface area contributed by atoms with E-state index < -0.39 is 30.8 Å². The van der Waals surface area contributed by atoms with Gasteiger partial charge < -0.3 is 14.3 Å². The lowest BCUT2D eigenvalue weighted by Gasteiger charge is -2.32. The quantitative estimate of drug-likeness (QED) is 0.366. The zero-order chi connectivity index (χ0) is 25.0. The van der Waals surface area contributed by atoms with E-state index >= 15 is 0 Å². The number of pyridine rings is 1. The van der Waals surface area contributed by atoms with E-state index in [1.54, 1.807) is 0 Å². The fourth-order valence-corrected chi connectivity index (χ4v) is 4.27. The van der Waals surface area contributed by atoms with E-state index in [1.807, 2.05) is 0 Å². The first kappa shape index (κ1) is 21.9. The lowest BCUT2D eigenvalue weighted by Crippen LogP contribution is -2.41. The predicted molar refractivity (Wildman–Crippen MR) is 112 cm³/mol. The average Bonchev–Trinajstić information content (AvgIpc) is 3.66. The average molecular weight is 501 g/mol. The molecule has 1 aliphatic heterocycles. The first-order valence-corrected chi connectivity index (χ1v) is 10.7. The highest BCUT2D eigenvalue weighted by molar-refractivity contribution is 5.90. The number of H-pyrrole nitrogens is 1. The number of nitrogens with one attached hydrogen (secondary N) is 1. The molecule has 5 aromatic heterocycles. The first-order chi connectivity index (χ1) is 17.4. The largest absolute Gasteiger partial charge is 0.411 e. The van der Waals surface area contributed by atoms with Crippen LogP contribution in [0.4, 0.5) is 17.6 Å². The summed E-state index contributed by atoms with van der Waals surface area (Å²) in [5, 5.41) is 15.6. The summed E-state index contributed by atoms with van der Waals surface area (Å²) in [5.74, 6) is -1.26. The van der Waals surface area contributed by atoms with Crippen molar-refractivity contribution in [3.8, 4) is 11.6 Å². The second kappa shape index (κ2) is 8.28. The van der Waals surface area contributed by atoms with Gasteiger partial charge in [0.05, 0.1) is 23.2 Å². The van der Waals surface area contributed by atoms with Crippen LogP contribution in [-0.2, 0) is 6.42 Å². The molecule has 1 atom stereocenters. The van der Waals surface area contributed by atoms with E-state index in [0.29, 0.717) is 22.5 Å². The van der Waals surface area contributed by atoms with Crippen LogP contribution in [0.5, 0.6) is 0 Å². The molecule has 1 N–H and O–H groups in total. The summed E-state index contributed by atoms with van der Waals surface area (Å²) in [7, 11) is 0. The van der Waals surface area contributed by atoms with E-state index in [1.165, 1.54) is 46.2 Å². The van der Waals surface area contributed by atoms with Crippen molar-refractivity contribution in [2.75, 3.05) is 6.54 Å². The Morgan fingerprint density at radius 3 is 2.78 bits per heavy atom. The Hall–Kier alpha value is -4.56. The van der Waals surface area contributed by atoms with E-state index in [4.69, 9.17) is 4.42 Å². The summed E-state index contributed by atoms with van der Waals surface area (Å²) in [5.41, 5.74) is 1.58. The maximum absolute atomic E-state index is 13.6. The molecule has 5 aromatic rings. The van der Waals surface area contributed by atoms with Crippen LogP contribution >= 0.6 is 0 Å². The second-order valence-electron chi connectivity index (χ2n) is 7.95. The number of imidazole rings is 1. The van der Waals surface area contributed by atoms with Gasteiger partial charge in [-0.05, 0) is 24.3 Å². The van der Waals surface area contributed by atoms with Crippen molar-refractivity contribution in [3.05, 3.63) is 71.5 Å².